The molecule has 2 nitrogen and oxygen atoms in total. The van der Waals surface area contributed by atoms with Crippen LogP contribution in [-0.2, 0) is 9.90 Å². The molecule has 0 aromatic rings. The maximum atomic E-state index is 10.8. The van der Waals surface area contributed by atoms with E-state index in [-0.39, 0.29) is 5.41 Å². The van der Waals surface area contributed by atoms with E-state index in [0.29, 0.717) is 6.42 Å². The molecule has 0 N–H and O–H groups in total. The molecule has 2 heteroatoms. The summed E-state index contributed by atoms with van der Waals surface area (Å²) < 4.78 is 0. The first-order valence-electron chi connectivity index (χ1n) is 5.85. The number of hydrogen-bond donors (Lipinski definition) is 0. The first kappa shape index (κ1) is 8.75. The fourth-order valence-corrected chi connectivity index (χ4v) is 4.81. The van der Waals surface area contributed by atoms with Crippen molar-refractivity contribution in [2.75, 3.05) is 0 Å². The van der Waals surface area contributed by atoms with E-state index in [1.54, 1.807) is 0 Å². The van der Waals surface area contributed by atoms with Crippen molar-refractivity contribution in [3.05, 3.63) is 0 Å². The average molecular weight is 193 g/mol. The number of carbonyl (C=O) groups excluding carboxylic acids is 1. The molecule has 1 radical (unpaired) electrons. The highest BCUT2D eigenvalue weighted by Crippen LogP contribution is 2.61. The van der Waals surface area contributed by atoms with E-state index in [2.05, 4.69) is 0 Å². The molecule has 77 valence electrons. The molecule has 0 aromatic heterocycles. The molecule has 4 fully saturated rings. The molecule has 0 spiro atoms. The van der Waals surface area contributed by atoms with Crippen LogP contribution in [0.2, 0.25) is 0 Å². The molecular weight excluding hydrogens is 176 g/mol. The summed E-state index contributed by atoms with van der Waals surface area (Å²) >= 11 is 0. The minimum Gasteiger partial charge on any atom is -0.247 e. The first-order valence-corrected chi connectivity index (χ1v) is 5.85. The van der Waals surface area contributed by atoms with Crippen molar-refractivity contribution in [1.29, 1.82) is 0 Å². The van der Waals surface area contributed by atoms with E-state index in [9.17, 15) is 9.90 Å². The fourth-order valence-electron chi connectivity index (χ4n) is 4.81. The number of hydrogen-bond acceptors (Lipinski definition) is 1. The van der Waals surface area contributed by atoms with Gasteiger partial charge in [-0.05, 0) is 61.7 Å². The second-order valence-corrected chi connectivity index (χ2v) is 5.97. The standard InChI is InChI=1S/C12H17O2/c13-11(14)7-12-4-8-1-9(5-12)3-10(2-8)6-12/h8-10H,1-7H2. The Balaban J connectivity index is 1.83. The average Bonchev–Trinajstić information content (AvgIpc) is 1.96. The van der Waals surface area contributed by atoms with Gasteiger partial charge >= 0.3 is 5.97 Å². The number of carbonyl (C=O) groups is 1. The lowest BCUT2D eigenvalue weighted by Crippen LogP contribution is -2.46. The van der Waals surface area contributed by atoms with E-state index in [1.807, 2.05) is 0 Å². The van der Waals surface area contributed by atoms with E-state index >= 15 is 0 Å². The Bertz CT molecular complexity index is 234. The molecule has 0 heterocycles. The zero-order valence-corrected chi connectivity index (χ0v) is 8.50. The van der Waals surface area contributed by atoms with Gasteiger partial charge in [-0.15, -0.1) is 0 Å². The zero-order valence-electron chi connectivity index (χ0n) is 8.50. The van der Waals surface area contributed by atoms with Crippen molar-refractivity contribution in [2.24, 2.45) is 23.2 Å². The molecule has 0 aromatic carbocycles. The second-order valence-electron chi connectivity index (χ2n) is 5.97. The summed E-state index contributed by atoms with van der Waals surface area (Å²) in [5.41, 5.74) is 0.160. The SMILES string of the molecule is [O]C(=O)CC12CC3CC(CC(C3)C1)C2. The van der Waals surface area contributed by atoms with Crippen LogP contribution in [0.3, 0.4) is 0 Å². The van der Waals surface area contributed by atoms with Crippen LogP contribution in [-0.4, -0.2) is 5.97 Å². The van der Waals surface area contributed by atoms with Crippen LogP contribution in [0.4, 0.5) is 0 Å². The van der Waals surface area contributed by atoms with Gasteiger partial charge in [0.1, 0.15) is 0 Å². The van der Waals surface area contributed by atoms with Crippen molar-refractivity contribution >= 4 is 5.97 Å². The summed E-state index contributed by atoms with van der Waals surface area (Å²) in [6, 6.07) is 0. The third kappa shape index (κ3) is 1.27. The van der Waals surface area contributed by atoms with Crippen molar-refractivity contribution in [3.63, 3.8) is 0 Å². The van der Waals surface area contributed by atoms with Gasteiger partial charge in [-0.3, -0.25) is 0 Å². The largest absolute Gasteiger partial charge is 0.356 e. The third-order valence-corrected chi connectivity index (χ3v) is 4.68. The predicted molar refractivity (Wildman–Crippen MR) is 50.9 cm³/mol. The Labute approximate surface area is 84.7 Å². The summed E-state index contributed by atoms with van der Waals surface area (Å²) in [5.74, 6) is 1.72. The summed E-state index contributed by atoms with van der Waals surface area (Å²) in [6.07, 6.45) is 7.99. The minimum atomic E-state index is -0.827. The van der Waals surface area contributed by atoms with Crippen LogP contribution < -0.4 is 0 Å². The molecule has 0 atom stereocenters. The highest BCUT2D eigenvalue weighted by atomic mass is 16.4. The summed E-state index contributed by atoms with van der Waals surface area (Å²) in [6.45, 7) is 0. The van der Waals surface area contributed by atoms with E-state index < -0.39 is 5.97 Å². The predicted octanol–water partition coefficient (Wildman–Crippen LogP) is 2.55. The van der Waals surface area contributed by atoms with Crippen LogP contribution in [0.15, 0.2) is 0 Å². The van der Waals surface area contributed by atoms with Gasteiger partial charge in [0.15, 0.2) is 0 Å². The molecular formula is C12H17O2. The summed E-state index contributed by atoms with van der Waals surface area (Å²) in [5, 5.41) is 10.8. The lowest BCUT2D eigenvalue weighted by Gasteiger charge is -2.56. The van der Waals surface area contributed by atoms with Crippen LogP contribution >= 0.6 is 0 Å². The van der Waals surface area contributed by atoms with E-state index in [4.69, 9.17) is 0 Å². The smallest absolute Gasteiger partial charge is 0.247 e. The first-order chi connectivity index (χ1) is 6.65. The molecule has 4 rings (SSSR count). The van der Waals surface area contributed by atoms with Crippen molar-refractivity contribution in [2.45, 2.75) is 44.9 Å². The third-order valence-electron chi connectivity index (χ3n) is 4.68. The van der Waals surface area contributed by atoms with Gasteiger partial charge in [-0.25, -0.2) is 9.90 Å². The Morgan fingerprint density at radius 2 is 1.43 bits per heavy atom. The highest BCUT2D eigenvalue weighted by molar-refractivity contribution is 5.67. The molecule has 4 saturated carbocycles. The van der Waals surface area contributed by atoms with Gasteiger partial charge in [0.05, 0.1) is 6.42 Å². The Hall–Kier alpha value is -0.530. The zero-order chi connectivity index (χ0) is 9.76. The monoisotopic (exact) mass is 193 g/mol. The van der Waals surface area contributed by atoms with E-state index in [1.165, 1.54) is 38.5 Å². The van der Waals surface area contributed by atoms with Crippen LogP contribution in [0.25, 0.3) is 0 Å². The van der Waals surface area contributed by atoms with Crippen molar-refractivity contribution in [3.8, 4) is 0 Å². The summed E-state index contributed by atoms with van der Waals surface area (Å²) in [7, 11) is 0. The molecule has 0 unspecified atom stereocenters. The van der Waals surface area contributed by atoms with Gasteiger partial charge in [0.25, 0.3) is 0 Å². The van der Waals surface area contributed by atoms with Crippen LogP contribution in [0, 0.1) is 23.2 Å². The molecule has 0 aliphatic heterocycles. The van der Waals surface area contributed by atoms with Gasteiger partial charge < -0.3 is 0 Å². The summed E-state index contributed by atoms with van der Waals surface area (Å²) in [4.78, 5) is 10.8. The molecule has 0 saturated heterocycles. The molecule has 4 bridgehead atoms. The fraction of sp³-hybridized carbons (Fsp3) is 0.917. The quantitative estimate of drug-likeness (QED) is 0.664. The Kier molecular flexibility index (Phi) is 1.71. The topological polar surface area (TPSA) is 37.0 Å². The van der Waals surface area contributed by atoms with Gasteiger partial charge in [0, 0.05) is 0 Å². The minimum absolute atomic E-state index is 0.160. The molecule has 4 aliphatic carbocycles. The maximum absolute atomic E-state index is 10.8. The molecule has 4 aliphatic rings. The Morgan fingerprint density at radius 3 is 1.79 bits per heavy atom. The van der Waals surface area contributed by atoms with Gasteiger partial charge in [-0.2, -0.15) is 0 Å². The highest BCUT2D eigenvalue weighted by Gasteiger charge is 2.51. The van der Waals surface area contributed by atoms with Crippen LogP contribution in [0.1, 0.15) is 44.9 Å². The molecule has 0 amide bonds. The van der Waals surface area contributed by atoms with Gasteiger partial charge in [0.2, 0.25) is 0 Å². The lowest BCUT2D eigenvalue weighted by molar-refractivity contribution is -0.151. The van der Waals surface area contributed by atoms with Crippen molar-refractivity contribution in [1.82, 2.24) is 0 Å². The lowest BCUT2D eigenvalue weighted by atomic mass is 9.49. The maximum Gasteiger partial charge on any atom is 0.356 e. The molecule has 14 heavy (non-hydrogen) atoms. The van der Waals surface area contributed by atoms with Crippen LogP contribution in [0.5, 0.6) is 0 Å². The second kappa shape index (κ2) is 2.74. The van der Waals surface area contributed by atoms with Crippen molar-refractivity contribution < 1.29 is 9.90 Å². The Morgan fingerprint density at radius 1 is 1.00 bits per heavy atom. The normalized spacial score (nSPS) is 49.6. The van der Waals surface area contributed by atoms with E-state index in [0.717, 1.165) is 17.8 Å². The number of rotatable bonds is 2. The van der Waals surface area contributed by atoms with Gasteiger partial charge in [-0.1, -0.05) is 0 Å².